The molecule has 0 aliphatic heterocycles. The average Bonchev–Trinajstić information content (AvgIpc) is 2.47. The molecule has 0 aromatic heterocycles. The summed E-state index contributed by atoms with van der Waals surface area (Å²) in [6.07, 6.45) is 3.75. The number of rotatable bonds is 4. The number of aliphatic hydroxyl groups excluding tert-OH is 2. The molecule has 1 fully saturated rings. The molecule has 3 unspecified atom stereocenters. The molecule has 0 spiro atoms. The van der Waals surface area contributed by atoms with Crippen molar-refractivity contribution >= 4 is 0 Å². The van der Waals surface area contributed by atoms with E-state index in [0.29, 0.717) is 0 Å². The molecular formula is C9H19NO2. The largest absolute Gasteiger partial charge is 0.395 e. The molecule has 0 aromatic carbocycles. The Kier molecular flexibility index (Phi) is 3.98. The third kappa shape index (κ3) is 2.44. The maximum Gasteiger partial charge on any atom is 0.0693 e. The highest BCUT2D eigenvalue weighted by molar-refractivity contribution is 4.84. The van der Waals surface area contributed by atoms with Crippen molar-refractivity contribution in [2.45, 2.75) is 50.8 Å². The average molecular weight is 173 g/mol. The number of aliphatic hydroxyl groups is 2. The van der Waals surface area contributed by atoms with E-state index in [-0.39, 0.29) is 24.8 Å². The highest BCUT2D eigenvalue weighted by atomic mass is 16.3. The second-order valence-electron chi connectivity index (χ2n) is 3.56. The van der Waals surface area contributed by atoms with E-state index in [4.69, 9.17) is 5.11 Å². The molecule has 0 saturated heterocycles. The maximum atomic E-state index is 9.48. The zero-order chi connectivity index (χ0) is 8.97. The van der Waals surface area contributed by atoms with Gasteiger partial charge in [-0.3, -0.25) is 0 Å². The SMILES string of the molecule is CCC(CO)NC1CCCC1O. The normalized spacial score (nSPS) is 32.2. The van der Waals surface area contributed by atoms with Gasteiger partial charge in [0.2, 0.25) is 0 Å². The predicted molar refractivity (Wildman–Crippen MR) is 47.9 cm³/mol. The highest BCUT2D eigenvalue weighted by Crippen LogP contribution is 2.19. The number of hydrogen-bond donors (Lipinski definition) is 3. The summed E-state index contributed by atoms with van der Waals surface area (Å²) in [5.41, 5.74) is 0. The second-order valence-corrected chi connectivity index (χ2v) is 3.56. The van der Waals surface area contributed by atoms with Crippen LogP contribution in [-0.2, 0) is 0 Å². The first kappa shape index (κ1) is 9.96. The molecule has 1 aliphatic rings. The minimum atomic E-state index is -0.203. The first-order valence-corrected chi connectivity index (χ1v) is 4.83. The molecular weight excluding hydrogens is 154 g/mol. The van der Waals surface area contributed by atoms with Crippen LogP contribution in [0.5, 0.6) is 0 Å². The molecule has 1 aliphatic carbocycles. The Morgan fingerprint density at radius 1 is 1.50 bits per heavy atom. The van der Waals surface area contributed by atoms with Gasteiger partial charge in [0.05, 0.1) is 12.7 Å². The van der Waals surface area contributed by atoms with Gasteiger partial charge in [-0.15, -0.1) is 0 Å². The van der Waals surface area contributed by atoms with Gasteiger partial charge in [-0.05, 0) is 25.7 Å². The van der Waals surface area contributed by atoms with Gasteiger partial charge in [-0.25, -0.2) is 0 Å². The van der Waals surface area contributed by atoms with Crippen molar-refractivity contribution < 1.29 is 10.2 Å². The van der Waals surface area contributed by atoms with Gasteiger partial charge in [0, 0.05) is 12.1 Å². The van der Waals surface area contributed by atoms with Gasteiger partial charge in [0.15, 0.2) is 0 Å². The molecule has 0 amide bonds. The molecule has 3 nitrogen and oxygen atoms in total. The third-order valence-corrected chi connectivity index (χ3v) is 2.64. The Morgan fingerprint density at radius 3 is 2.67 bits per heavy atom. The fourth-order valence-corrected chi connectivity index (χ4v) is 1.74. The van der Waals surface area contributed by atoms with Crippen LogP contribution in [0.1, 0.15) is 32.6 Å². The van der Waals surface area contributed by atoms with Gasteiger partial charge >= 0.3 is 0 Å². The van der Waals surface area contributed by atoms with Crippen molar-refractivity contribution in [3.8, 4) is 0 Å². The quantitative estimate of drug-likeness (QED) is 0.571. The van der Waals surface area contributed by atoms with E-state index >= 15 is 0 Å². The van der Waals surface area contributed by atoms with Crippen LogP contribution in [-0.4, -0.2) is 35.0 Å². The minimum absolute atomic E-state index is 0.155. The zero-order valence-electron chi connectivity index (χ0n) is 7.66. The van der Waals surface area contributed by atoms with Crippen LogP contribution in [0.25, 0.3) is 0 Å². The van der Waals surface area contributed by atoms with E-state index in [9.17, 15) is 5.11 Å². The summed E-state index contributed by atoms with van der Waals surface area (Å²) in [6.45, 7) is 2.20. The molecule has 72 valence electrons. The molecule has 0 aromatic rings. The van der Waals surface area contributed by atoms with E-state index in [0.717, 1.165) is 25.7 Å². The van der Waals surface area contributed by atoms with Gasteiger partial charge < -0.3 is 15.5 Å². The Labute approximate surface area is 73.8 Å². The van der Waals surface area contributed by atoms with E-state index in [1.165, 1.54) is 0 Å². The van der Waals surface area contributed by atoms with Crippen molar-refractivity contribution in [3.05, 3.63) is 0 Å². The number of nitrogens with one attached hydrogen (secondary N) is 1. The van der Waals surface area contributed by atoms with Crippen molar-refractivity contribution in [1.29, 1.82) is 0 Å². The second kappa shape index (κ2) is 4.80. The van der Waals surface area contributed by atoms with Crippen molar-refractivity contribution in [2.24, 2.45) is 0 Å². The Balaban J connectivity index is 2.28. The highest BCUT2D eigenvalue weighted by Gasteiger charge is 2.26. The van der Waals surface area contributed by atoms with E-state index in [2.05, 4.69) is 5.32 Å². The van der Waals surface area contributed by atoms with Crippen molar-refractivity contribution in [1.82, 2.24) is 5.32 Å². The number of hydrogen-bond acceptors (Lipinski definition) is 3. The Hall–Kier alpha value is -0.120. The standard InChI is InChI=1S/C9H19NO2/c1-2-7(6-11)10-8-4-3-5-9(8)12/h7-12H,2-6H2,1H3. The molecule has 0 heterocycles. The lowest BCUT2D eigenvalue weighted by Gasteiger charge is -2.22. The Bertz CT molecular complexity index is 126. The van der Waals surface area contributed by atoms with Crippen LogP contribution >= 0.6 is 0 Å². The lowest BCUT2D eigenvalue weighted by molar-refractivity contribution is 0.131. The van der Waals surface area contributed by atoms with Crippen LogP contribution in [0.4, 0.5) is 0 Å². The fourth-order valence-electron chi connectivity index (χ4n) is 1.74. The molecule has 1 rings (SSSR count). The van der Waals surface area contributed by atoms with Crippen LogP contribution in [0, 0.1) is 0 Å². The van der Waals surface area contributed by atoms with Gasteiger partial charge in [0.25, 0.3) is 0 Å². The van der Waals surface area contributed by atoms with E-state index < -0.39 is 0 Å². The molecule has 3 N–H and O–H groups in total. The first-order chi connectivity index (χ1) is 5.77. The maximum absolute atomic E-state index is 9.48. The lowest BCUT2D eigenvalue weighted by Crippen LogP contribution is -2.44. The lowest BCUT2D eigenvalue weighted by atomic mass is 10.1. The fraction of sp³-hybridized carbons (Fsp3) is 1.00. The molecule has 0 radical (unpaired) electrons. The van der Waals surface area contributed by atoms with Gasteiger partial charge in [-0.2, -0.15) is 0 Å². The van der Waals surface area contributed by atoms with Crippen LogP contribution in [0.3, 0.4) is 0 Å². The Morgan fingerprint density at radius 2 is 2.25 bits per heavy atom. The summed E-state index contributed by atoms with van der Waals surface area (Å²) in [5, 5.41) is 21.7. The van der Waals surface area contributed by atoms with Crippen LogP contribution < -0.4 is 5.32 Å². The van der Waals surface area contributed by atoms with Crippen LogP contribution in [0.2, 0.25) is 0 Å². The molecule has 0 bridgehead atoms. The molecule has 3 atom stereocenters. The smallest absolute Gasteiger partial charge is 0.0693 e. The molecule has 1 saturated carbocycles. The van der Waals surface area contributed by atoms with Gasteiger partial charge in [-0.1, -0.05) is 6.92 Å². The molecule has 12 heavy (non-hydrogen) atoms. The summed E-state index contributed by atoms with van der Waals surface area (Å²) in [5.74, 6) is 0. The summed E-state index contributed by atoms with van der Waals surface area (Å²) in [7, 11) is 0. The minimum Gasteiger partial charge on any atom is -0.395 e. The van der Waals surface area contributed by atoms with E-state index in [1.54, 1.807) is 0 Å². The van der Waals surface area contributed by atoms with Crippen molar-refractivity contribution in [3.63, 3.8) is 0 Å². The van der Waals surface area contributed by atoms with Gasteiger partial charge in [0.1, 0.15) is 0 Å². The van der Waals surface area contributed by atoms with Crippen LogP contribution in [0.15, 0.2) is 0 Å². The predicted octanol–water partition coefficient (Wildman–Crippen LogP) is 0.260. The molecule has 3 heteroatoms. The zero-order valence-corrected chi connectivity index (χ0v) is 7.66. The first-order valence-electron chi connectivity index (χ1n) is 4.83. The third-order valence-electron chi connectivity index (χ3n) is 2.64. The summed E-state index contributed by atoms with van der Waals surface area (Å²) < 4.78 is 0. The summed E-state index contributed by atoms with van der Waals surface area (Å²) in [6, 6.07) is 0.366. The summed E-state index contributed by atoms with van der Waals surface area (Å²) in [4.78, 5) is 0. The summed E-state index contributed by atoms with van der Waals surface area (Å²) >= 11 is 0. The van der Waals surface area contributed by atoms with Crippen molar-refractivity contribution in [2.75, 3.05) is 6.61 Å². The monoisotopic (exact) mass is 173 g/mol. The topological polar surface area (TPSA) is 52.5 Å². The van der Waals surface area contributed by atoms with E-state index in [1.807, 2.05) is 6.92 Å².